The van der Waals surface area contributed by atoms with Crippen molar-refractivity contribution in [3.8, 4) is 28.4 Å². The van der Waals surface area contributed by atoms with E-state index in [4.69, 9.17) is 19.2 Å². The van der Waals surface area contributed by atoms with Gasteiger partial charge in [-0.1, -0.05) is 18.2 Å². The summed E-state index contributed by atoms with van der Waals surface area (Å²) >= 11 is 0. The minimum Gasteiger partial charge on any atom is -0.495 e. The molecule has 4 aromatic rings. The van der Waals surface area contributed by atoms with Gasteiger partial charge in [-0.3, -0.25) is 0 Å². The lowest BCUT2D eigenvalue weighted by atomic mass is 10.00. The molecular formula is C25H22N4O3. The Kier molecular flexibility index (Phi) is 4.54. The molecule has 3 heterocycles. The SMILES string of the molecule is COc1cc2c(cc1Nc1ncc3ccc(-c4ccc5c(c4)OCO5)cc3n1)CNCC2. The number of benzene rings is 3. The summed E-state index contributed by atoms with van der Waals surface area (Å²) < 4.78 is 16.6. The first-order valence-corrected chi connectivity index (χ1v) is 10.6. The Hall–Kier alpha value is -3.84. The van der Waals surface area contributed by atoms with Gasteiger partial charge in [-0.05, 0) is 65.6 Å². The van der Waals surface area contributed by atoms with Gasteiger partial charge in [0.15, 0.2) is 11.5 Å². The zero-order valence-electron chi connectivity index (χ0n) is 17.6. The van der Waals surface area contributed by atoms with Crippen LogP contribution in [0, 0.1) is 0 Å². The van der Waals surface area contributed by atoms with Gasteiger partial charge in [0, 0.05) is 18.1 Å². The number of hydrogen-bond acceptors (Lipinski definition) is 7. The maximum absolute atomic E-state index is 5.62. The third-order valence-corrected chi connectivity index (χ3v) is 5.94. The second kappa shape index (κ2) is 7.69. The van der Waals surface area contributed by atoms with Crippen LogP contribution >= 0.6 is 0 Å². The highest BCUT2D eigenvalue weighted by molar-refractivity contribution is 5.85. The van der Waals surface area contributed by atoms with E-state index in [1.165, 1.54) is 11.1 Å². The molecule has 0 fully saturated rings. The van der Waals surface area contributed by atoms with Crippen LogP contribution in [0.4, 0.5) is 11.6 Å². The summed E-state index contributed by atoms with van der Waals surface area (Å²) in [4.78, 5) is 9.28. The summed E-state index contributed by atoms with van der Waals surface area (Å²) in [5.74, 6) is 2.87. The number of rotatable bonds is 4. The number of nitrogens with zero attached hydrogens (tertiary/aromatic N) is 2. The van der Waals surface area contributed by atoms with Crippen molar-refractivity contribution in [1.82, 2.24) is 15.3 Å². The fourth-order valence-corrected chi connectivity index (χ4v) is 4.24. The van der Waals surface area contributed by atoms with Crippen molar-refractivity contribution >= 4 is 22.5 Å². The highest BCUT2D eigenvalue weighted by Gasteiger charge is 2.16. The third-order valence-electron chi connectivity index (χ3n) is 5.94. The van der Waals surface area contributed by atoms with Crippen LogP contribution in [0.25, 0.3) is 22.0 Å². The average Bonchev–Trinajstić information content (AvgIpc) is 3.31. The molecule has 3 aromatic carbocycles. The summed E-state index contributed by atoms with van der Waals surface area (Å²) in [5.41, 5.74) is 6.41. The van der Waals surface area contributed by atoms with Crippen LogP contribution in [0.5, 0.6) is 17.2 Å². The first-order valence-electron chi connectivity index (χ1n) is 10.6. The van der Waals surface area contributed by atoms with Crippen LogP contribution in [-0.4, -0.2) is 30.4 Å². The number of nitrogens with one attached hydrogen (secondary N) is 2. The molecule has 1 aromatic heterocycles. The molecule has 2 aliphatic heterocycles. The van der Waals surface area contributed by atoms with Crippen LogP contribution in [0.2, 0.25) is 0 Å². The molecule has 0 unspecified atom stereocenters. The topological polar surface area (TPSA) is 77.5 Å². The number of fused-ring (bicyclic) bond motifs is 3. The van der Waals surface area contributed by atoms with E-state index in [-0.39, 0.29) is 6.79 Å². The molecular weight excluding hydrogens is 404 g/mol. The van der Waals surface area contributed by atoms with E-state index in [1.807, 2.05) is 30.5 Å². The molecule has 32 heavy (non-hydrogen) atoms. The first-order chi connectivity index (χ1) is 15.8. The zero-order valence-corrected chi connectivity index (χ0v) is 17.6. The Balaban J connectivity index is 1.34. The Morgan fingerprint density at radius 3 is 2.78 bits per heavy atom. The molecule has 0 bridgehead atoms. The Morgan fingerprint density at radius 1 is 0.969 bits per heavy atom. The number of methoxy groups -OCH3 is 1. The number of hydrogen-bond donors (Lipinski definition) is 2. The highest BCUT2D eigenvalue weighted by Crippen LogP contribution is 2.37. The molecule has 6 rings (SSSR count). The Morgan fingerprint density at radius 2 is 1.84 bits per heavy atom. The predicted molar refractivity (Wildman–Crippen MR) is 123 cm³/mol. The largest absolute Gasteiger partial charge is 0.495 e. The van der Waals surface area contributed by atoms with Crippen LogP contribution in [0.1, 0.15) is 11.1 Å². The molecule has 0 atom stereocenters. The van der Waals surface area contributed by atoms with E-state index in [1.54, 1.807) is 7.11 Å². The van der Waals surface area contributed by atoms with Gasteiger partial charge >= 0.3 is 0 Å². The molecule has 0 saturated carbocycles. The number of aromatic nitrogens is 2. The Labute approximate surface area is 185 Å². The lowest BCUT2D eigenvalue weighted by Crippen LogP contribution is -2.23. The summed E-state index contributed by atoms with van der Waals surface area (Å²) in [7, 11) is 1.69. The molecule has 0 saturated heterocycles. The van der Waals surface area contributed by atoms with Crippen molar-refractivity contribution in [3.63, 3.8) is 0 Å². The molecule has 7 nitrogen and oxygen atoms in total. The average molecular weight is 426 g/mol. The van der Waals surface area contributed by atoms with E-state index in [9.17, 15) is 0 Å². The molecule has 0 aliphatic carbocycles. The molecule has 2 N–H and O–H groups in total. The van der Waals surface area contributed by atoms with Gasteiger partial charge in [-0.2, -0.15) is 0 Å². The lowest BCUT2D eigenvalue weighted by molar-refractivity contribution is 0.174. The smallest absolute Gasteiger partial charge is 0.231 e. The van der Waals surface area contributed by atoms with E-state index in [0.29, 0.717) is 5.95 Å². The van der Waals surface area contributed by atoms with Crippen LogP contribution in [-0.2, 0) is 13.0 Å². The van der Waals surface area contributed by atoms with Gasteiger partial charge in [0.1, 0.15) is 5.75 Å². The van der Waals surface area contributed by atoms with Crippen molar-refractivity contribution in [1.29, 1.82) is 0 Å². The summed E-state index contributed by atoms with van der Waals surface area (Å²) in [6.45, 7) is 2.11. The zero-order chi connectivity index (χ0) is 21.5. The van der Waals surface area contributed by atoms with Crippen LogP contribution in [0.3, 0.4) is 0 Å². The second-order valence-electron chi connectivity index (χ2n) is 7.91. The maximum Gasteiger partial charge on any atom is 0.231 e. The van der Waals surface area contributed by atoms with Crippen molar-refractivity contribution in [2.45, 2.75) is 13.0 Å². The maximum atomic E-state index is 5.62. The second-order valence-corrected chi connectivity index (χ2v) is 7.91. The van der Waals surface area contributed by atoms with E-state index in [2.05, 4.69) is 39.9 Å². The third kappa shape index (κ3) is 3.36. The van der Waals surface area contributed by atoms with Crippen molar-refractivity contribution in [2.75, 3.05) is 25.8 Å². The monoisotopic (exact) mass is 426 g/mol. The van der Waals surface area contributed by atoms with E-state index in [0.717, 1.165) is 64.5 Å². The predicted octanol–water partition coefficient (Wildman–Crippen LogP) is 4.42. The van der Waals surface area contributed by atoms with Gasteiger partial charge in [0.25, 0.3) is 0 Å². The fraction of sp³-hybridized carbons (Fsp3) is 0.200. The molecule has 2 aliphatic rings. The molecule has 7 heteroatoms. The highest BCUT2D eigenvalue weighted by atomic mass is 16.7. The van der Waals surface area contributed by atoms with Gasteiger partial charge in [-0.25, -0.2) is 9.97 Å². The van der Waals surface area contributed by atoms with Crippen LogP contribution < -0.4 is 24.8 Å². The number of ether oxygens (including phenoxy) is 3. The van der Waals surface area contributed by atoms with Gasteiger partial charge in [-0.15, -0.1) is 0 Å². The van der Waals surface area contributed by atoms with Crippen LogP contribution in [0.15, 0.2) is 54.7 Å². The molecule has 0 spiro atoms. The Bertz CT molecular complexity index is 1340. The van der Waals surface area contributed by atoms with Crippen molar-refractivity contribution in [2.24, 2.45) is 0 Å². The minimum atomic E-state index is 0.265. The molecule has 0 radical (unpaired) electrons. The lowest BCUT2D eigenvalue weighted by Gasteiger charge is -2.20. The normalized spacial score (nSPS) is 14.3. The standard InChI is InChI=1S/C25H22N4O3/c1-30-23-10-17-6-7-26-12-19(17)9-21(23)29-25-27-13-18-3-2-15(8-20(18)28-25)16-4-5-22-24(11-16)32-14-31-22/h2-5,8-11,13,26H,6-7,12,14H2,1H3,(H,27,28,29). The first kappa shape index (κ1) is 18.9. The molecule has 0 amide bonds. The number of anilines is 2. The van der Waals surface area contributed by atoms with Gasteiger partial charge < -0.3 is 24.8 Å². The summed E-state index contributed by atoms with van der Waals surface area (Å²) in [5, 5.41) is 7.74. The van der Waals surface area contributed by atoms with Crippen molar-refractivity contribution < 1.29 is 14.2 Å². The molecule has 160 valence electrons. The summed E-state index contributed by atoms with van der Waals surface area (Å²) in [6, 6.07) is 16.4. The van der Waals surface area contributed by atoms with Gasteiger partial charge in [0.2, 0.25) is 12.7 Å². The fourth-order valence-electron chi connectivity index (χ4n) is 4.24. The minimum absolute atomic E-state index is 0.265. The quantitative estimate of drug-likeness (QED) is 0.500. The van der Waals surface area contributed by atoms with Gasteiger partial charge in [0.05, 0.1) is 18.3 Å². The summed E-state index contributed by atoms with van der Waals surface area (Å²) in [6.07, 6.45) is 2.83. The van der Waals surface area contributed by atoms with E-state index >= 15 is 0 Å². The van der Waals surface area contributed by atoms with E-state index < -0.39 is 0 Å². The van der Waals surface area contributed by atoms with Crippen molar-refractivity contribution in [3.05, 3.63) is 65.9 Å².